The van der Waals surface area contributed by atoms with Gasteiger partial charge < -0.3 is 5.32 Å². The molecule has 0 radical (unpaired) electrons. The lowest BCUT2D eigenvalue weighted by molar-refractivity contribution is 0.103. The zero-order valence-corrected chi connectivity index (χ0v) is 13.4. The van der Waals surface area contributed by atoms with Gasteiger partial charge in [-0.1, -0.05) is 12.1 Å². The van der Waals surface area contributed by atoms with Gasteiger partial charge in [-0.3, -0.25) is 9.89 Å². The predicted molar refractivity (Wildman–Crippen MR) is 88.6 cm³/mol. The van der Waals surface area contributed by atoms with E-state index in [-0.39, 0.29) is 5.91 Å². The van der Waals surface area contributed by atoms with Crippen LogP contribution < -0.4 is 5.32 Å². The third-order valence-corrected chi connectivity index (χ3v) is 4.72. The van der Waals surface area contributed by atoms with E-state index in [0.717, 1.165) is 22.8 Å². The molecule has 2 heterocycles. The SMILES string of the molecule is Cc1ncsc1C(=O)Nc1cccc(-c2n[nH]c(C3CC3)n2)c1. The van der Waals surface area contributed by atoms with Gasteiger partial charge in [-0.25, -0.2) is 9.97 Å². The van der Waals surface area contributed by atoms with Crippen LogP contribution in [0.15, 0.2) is 29.8 Å². The molecule has 1 amide bonds. The lowest BCUT2D eigenvalue weighted by Crippen LogP contribution is -2.11. The molecule has 0 saturated heterocycles. The van der Waals surface area contributed by atoms with Gasteiger partial charge >= 0.3 is 0 Å². The quantitative estimate of drug-likeness (QED) is 0.770. The second-order valence-corrected chi connectivity index (χ2v) is 6.48. The summed E-state index contributed by atoms with van der Waals surface area (Å²) in [5.41, 5.74) is 4.02. The summed E-state index contributed by atoms with van der Waals surface area (Å²) in [6.45, 7) is 1.83. The van der Waals surface area contributed by atoms with Crippen LogP contribution in [0.4, 0.5) is 5.69 Å². The van der Waals surface area contributed by atoms with E-state index in [0.29, 0.717) is 16.6 Å². The molecule has 116 valence electrons. The number of aryl methyl sites for hydroxylation is 1. The lowest BCUT2D eigenvalue weighted by atomic mass is 10.2. The molecule has 23 heavy (non-hydrogen) atoms. The highest BCUT2D eigenvalue weighted by molar-refractivity contribution is 7.12. The average Bonchev–Trinajstić information content (AvgIpc) is 3.11. The van der Waals surface area contributed by atoms with Crippen LogP contribution in [0.1, 0.15) is 39.9 Å². The van der Waals surface area contributed by atoms with Crippen LogP contribution >= 0.6 is 11.3 Å². The van der Waals surface area contributed by atoms with Crippen LogP contribution in [0.2, 0.25) is 0 Å². The number of aromatic amines is 1. The van der Waals surface area contributed by atoms with Crippen molar-refractivity contribution >= 4 is 22.9 Å². The summed E-state index contributed by atoms with van der Waals surface area (Å²) in [5.74, 6) is 2.01. The average molecular weight is 325 g/mol. The molecule has 0 unspecified atom stereocenters. The van der Waals surface area contributed by atoms with E-state index in [4.69, 9.17) is 0 Å². The van der Waals surface area contributed by atoms with Crippen LogP contribution in [0.3, 0.4) is 0 Å². The van der Waals surface area contributed by atoms with Crippen LogP contribution in [-0.2, 0) is 0 Å². The first-order valence-electron chi connectivity index (χ1n) is 7.45. The number of H-pyrrole nitrogens is 1. The monoisotopic (exact) mass is 325 g/mol. The Bertz CT molecular complexity index is 865. The summed E-state index contributed by atoms with van der Waals surface area (Å²) in [6.07, 6.45) is 2.36. The van der Waals surface area contributed by atoms with Gasteiger partial charge in [0.1, 0.15) is 10.7 Å². The van der Waals surface area contributed by atoms with Gasteiger partial charge in [-0.2, -0.15) is 5.10 Å². The molecule has 6 nitrogen and oxygen atoms in total. The summed E-state index contributed by atoms with van der Waals surface area (Å²) in [7, 11) is 0. The number of benzene rings is 1. The van der Waals surface area contributed by atoms with Crippen LogP contribution in [0.25, 0.3) is 11.4 Å². The van der Waals surface area contributed by atoms with E-state index in [2.05, 4.69) is 25.5 Å². The summed E-state index contributed by atoms with van der Waals surface area (Å²) >= 11 is 1.34. The number of carbonyl (C=O) groups is 1. The highest BCUT2D eigenvalue weighted by Crippen LogP contribution is 2.38. The van der Waals surface area contributed by atoms with Crippen molar-refractivity contribution in [1.82, 2.24) is 20.2 Å². The molecule has 1 fully saturated rings. The Morgan fingerprint density at radius 3 is 3.00 bits per heavy atom. The minimum absolute atomic E-state index is 0.143. The number of nitrogens with zero attached hydrogens (tertiary/aromatic N) is 3. The molecule has 3 aromatic rings. The number of aromatic nitrogens is 4. The largest absolute Gasteiger partial charge is 0.321 e. The maximum Gasteiger partial charge on any atom is 0.267 e. The zero-order chi connectivity index (χ0) is 15.8. The molecule has 0 aliphatic heterocycles. The smallest absolute Gasteiger partial charge is 0.267 e. The molecule has 1 aromatic carbocycles. The third kappa shape index (κ3) is 2.87. The number of thiazole rings is 1. The number of carbonyl (C=O) groups excluding carboxylic acids is 1. The second kappa shape index (κ2) is 5.58. The van der Waals surface area contributed by atoms with E-state index in [9.17, 15) is 4.79 Å². The van der Waals surface area contributed by atoms with Gasteiger partial charge in [0.25, 0.3) is 5.91 Å². The maximum atomic E-state index is 12.3. The van der Waals surface area contributed by atoms with Crippen molar-refractivity contribution in [1.29, 1.82) is 0 Å². The molecular weight excluding hydrogens is 310 g/mol. The van der Waals surface area contributed by atoms with E-state index < -0.39 is 0 Å². The number of nitrogens with one attached hydrogen (secondary N) is 2. The first kappa shape index (κ1) is 14.1. The van der Waals surface area contributed by atoms with Gasteiger partial charge in [0.05, 0.1) is 11.2 Å². The fourth-order valence-corrected chi connectivity index (χ4v) is 3.08. The van der Waals surface area contributed by atoms with Gasteiger partial charge in [0, 0.05) is 17.2 Å². The Hall–Kier alpha value is -2.54. The second-order valence-electron chi connectivity index (χ2n) is 5.62. The molecule has 0 spiro atoms. The molecule has 7 heteroatoms. The number of anilines is 1. The van der Waals surface area contributed by atoms with Crippen LogP contribution in [-0.4, -0.2) is 26.1 Å². The van der Waals surface area contributed by atoms with E-state index >= 15 is 0 Å². The van der Waals surface area contributed by atoms with Crippen molar-refractivity contribution in [2.45, 2.75) is 25.7 Å². The van der Waals surface area contributed by atoms with Crippen molar-refractivity contribution in [3.8, 4) is 11.4 Å². The Labute approximate surface area is 137 Å². The molecular formula is C16H15N5OS. The van der Waals surface area contributed by atoms with Crippen molar-refractivity contribution < 1.29 is 4.79 Å². The fourth-order valence-electron chi connectivity index (χ4n) is 2.39. The minimum Gasteiger partial charge on any atom is -0.321 e. The Morgan fingerprint density at radius 2 is 2.26 bits per heavy atom. The van der Waals surface area contributed by atoms with Crippen molar-refractivity contribution in [2.75, 3.05) is 5.32 Å². The lowest BCUT2D eigenvalue weighted by Gasteiger charge is -2.05. The summed E-state index contributed by atoms with van der Waals surface area (Å²) in [5, 5.41) is 10.2. The Kier molecular flexibility index (Phi) is 3.42. The van der Waals surface area contributed by atoms with Crippen LogP contribution in [0, 0.1) is 6.92 Å². The molecule has 0 atom stereocenters. The molecule has 1 saturated carbocycles. The first-order valence-corrected chi connectivity index (χ1v) is 8.33. The first-order chi connectivity index (χ1) is 11.2. The normalized spacial score (nSPS) is 14.0. The standard InChI is InChI=1S/C16H15N5OS/c1-9-13(23-8-17-9)16(22)18-12-4-2-3-11(7-12)15-19-14(20-21-15)10-5-6-10/h2-4,7-8,10H,5-6H2,1H3,(H,18,22)(H,19,20,21). The predicted octanol–water partition coefficient (Wildman–Crippen LogP) is 3.37. The summed E-state index contributed by atoms with van der Waals surface area (Å²) in [6, 6.07) is 7.56. The number of hydrogen-bond acceptors (Lipinski definition) is 5. The van der Waals surface area contributed by atoms with Gasteiger partial charge in [-0.15, -0.1) is 11.3 Å². The van der Waals surface area contributed by atoms with E-state index in [1.165, 1.54) is 24.2 Å². The number of hydrogen-bond donors (Lipinski definition) is 2. The number of amides is 1. The Morgan fingerprint density at radius 1 is 1.39 bits per heavy atom. The Balaban J connectivity index is 1.56. The molecule has 0 bridgehead atoms. The molecule has 1 aliphatic carbocycles. The summed E-state index contributed by atoms with van der Waals surface area (Å²) < 4.78 is 0. The van der Waals surface area contributed by atoms with Gasteiger partial charge in [0.2, 0.25) is 0 Å². The molecule has 2 aromatic heterocycles. The van der Waals surface area contributed by atoms with Gasteiger partial charge in [0.15, 0.2) is 5.82 Å². The van der Waals surface area contributed by atoms with Crippen molar-refractivity contribution in [3.05, 3.63) is 46.2 Å². The third-order valence-electron chi connectivity index (χ3n) is 3.80. The van der Waals surface area contributed by atoms with Crippen molar-refractivity contribution in [3.63, 3.8) is 0 Å². The fraction of sp³-hybridized carbons (Fsp3) is 0.250. The van der Waals surface area contributed by atoms with Crippen LogP contribution in [0.5, 0.6) is 0 Å². The maximum absolute atomic E-state index is 12.3. The zero-order valence-electron chi connectivity index (χ0n) is 12.5. The van der Waals surface area contributed by atoms with Crippen molar-refractivity contribution in [2.24, 2.45) is 0 Å². The molecule has 2 N–H and O–H groups in total. The highest BCUT2D eigenvalue weighted by Gasteiger charge is 2.27. The van der Waals surface area contributed by atoms with Gasteiger partial charge in [-0.05, 0) is 31.9 Å². The number of rotatable bonds is 4. The molecule has 1 aliphatic rings. The van der Waals surface area contributed by atoms with E-state index in [1.54, 1.807) is 5.51 Å². The topological polar surface area (TPSA) is 83.6 Å². The van der Waals surface area contributed by atoms with E-state index in [1.807, 2.05) is 31.2 Å². The molecule has 4 rings (SSSR count). The minimum atomic E-state index is -0.143. The highest BCUT2D eigenvalue weighted by atomic mass is 32.1. The summed E-state index contributed by atoms with van der Waals surface area (Å²) in [4.78, 5) is 21.5.